The normalized spacial score (nSPS) is 14.8. The second-order valence-electron chi connectivity index (χ2n) is 4.06. The molecule has 0 aliphatic heterocycles. The van der Waals surface area contributed by atoms with Crippen LogP contribution < -0.4 is 5.32 Å². The van der Waals surface area contributed by atoms with Gasteiger partial charge in [-0.25, -0.2) is 0 Å². The fraction of sp³-hybridized carbons (Fsp3) is 0.538. The molecule has 1 N–H and O–H groups in total. The molecule has 0 fully saturated rings. The zero-order chi connectivity index (χ0) is 12.0. The predicted molar refractivity (Wildman–Crippen MR) is 78.2 cm³/mol. The van der Waals surface area contributed by atoms with Gasteiger partial charge >= 0.3 is 0 Å². The van der Waals surface area contributed by atoms with Crippen LogP contribution in [0.25, 0.3) is 0 Å². The fourth-order valence-corrected chi connectivity index (χ4v) is 2.11. The van der Waals surface area contributed by atoms with Crippen LogP contribution in [0.5, 0.6) is 0 Å². The van der Waals surface area contributed by atoms with Crippen molar-refractivity contribution in [3.05, 3.63) is 34.3 Å². The molecule has 0 aromatic heterocycles. The molecule has 0 saturated carbocycles. The lowest BCUT2D eigenvalue weighted by Gasteiger charge is -2.15. The van der Waals surface area contributed by atoms with Crippen molar-refractivity contribution in [3.63, 3.8) is 0 Å². The van der Waals surface area contributed by atoms with Gasteiger partial charge in [0, 0.05) is 15.8 Å². The summed E-state index contributed by atoms with van der Waals surface area (Å²) in [4.78, 5) is 0. The Morgan fingerprint density at radius 2 is 1.88 bits per heavy atom. The van der Waals surface area contributed by atoms with Gasteiger partial charge in [-0.3, -0.25) is 0 Å². The Kier molecular flexibility index (Phi) is 6.47. The lowest BCUT2D eigenvalue weighted by atomic mass is 10.1. The van der Waals surface area contributed by atoms with Crippen molar-refractivity contribution in [1.29, 1.82) is 0 Å². The van der Waals surface area contributed by atoms with E-state index in [0.29, 0.717) is 6.04 Å². The van der Waals surface area contributed by atoms with Gasteiger partial charge in [0.1, 0.15) is 0 Å². The van der Waals surface area contributed by atoms with Crippen molar-refractivity contribution in [2.75, 3.05) is 12.8 Å². The Labute approximate surface area is 112 Å². The van der Waals surface area contributed by atoms with Gasteiger partial charge in [-0.2, -0.15) is 11.8 Å². The topological polar surface area (TPSA) is 12.0 Å². The SMILES string of the molecule is CSC(C)CCNC(C)c1ccc(Br)cc1. The average Bonchev–Trinajstić information content (AvgIpc) is 2.29. The maximum absolute atomic E-state index is 3.55. The molecule has 0 bridgehead atoms. The first kappa shape index (κ1) is 14.1. The van der Waals surface area contributed by atoms with Gasteiger partial charge in [-0.1, -0.05) is 35.0 Å². The molecule has 2 unspecified atom stereocenters. The molecule has 1 aromatic carbocycles. The number of thioether (sulfide) groups is 1. The summed E-state index contributed by atoms with van der Waals surface area (Å²) >= 11 is 5.38. The summed E-state index contributed by atoms with van der Waals surface area (Å²) in [7, 11) is 0. The number of rotatable bonds is 6. The molecule has 0 spiro atoms. The van der Waals surface area contributed by atoms with E-state index in [1.807, 2.05) is 11.8 Å². The molecule has 0 amide bonds. The van der Waals surface area contributed by atoms with E-state index in [-0.39, 0.29) is 0 Å². The van der Waals surface area contributed by atoms with Crippen LogP contribution in [0.1, 0.15) is 31.9 Å². The van der Waals surface area contributed by atoms with E-state index in [2.05, 4.69) is 65.6 Å². The molecule has 90 valence electrons. The Morgan fingerprint density at radius 3 is 2.44 bits per heavy atom. The largest absolute Gasteiger partial charge is 0.310 e. The van der Waals surface area contributed by atoms with Crippen LogP contribution in [0.15, 0.2) is 28.7 Å². The highest BCUT2D eigenvalue weighted by Crippen LogP contribution is 2.17. The molecule has 0 aliphatic carbocycles. The highest BCUT2D eigenvalue weighted by atomic mass is 79.9. The van der Waals surface area contributed by atoms with Crippen LogP contribution in [0.4, 0.5) is 0 Å². The minimum absolute atomic E-state index is 0.433. The first-order chi connectivity index (χ1) is 7.63. The molecule has 0 saturated heterocycles. The van der Waals surface area contributed by atoms with Crippen LogP contribution in [-0.4, -0.2) is 18.1 Å². The molecule has 1 nitrogen and oxygen atoms in total. The van der Waals surface area contributed by atoms with E-state index >= 15 is 0 Å². The van der Waals surface area contributed by atoms with Crippen molar-refractivity contribution in [1.82, 2.24) is 5.32 Å². The Balaban J connectivity index is 2.35. The number of benzene rings is 1. The number of nitrogens with one attached hydrogen (secondary N) is 1. The standard InChI is InChI=1S/C13H20BrNS/c1-10(16-3)8-9-15-11(2)12-4-6-13(14)7-5-12/h4-7,10-11,15H,8-9H2,1-3H3. The molecule has 0 radical (unpaired) electrons. The number of hydrogen-bond donors (Lipinski definition) is 1. The summed E-state index contributed by atoms with van der Waals surface area (Å²) in [5.41, 5.74) is 1.35. The third-order valence-electron chi connectivity index (χ3n) is 2.77. The van der Waals surface area contributed by atoms with E-state index in [0.717, 1.165) is 16.3 Å². The minimum atomic E-state index is 0.433. The van der Waals surface area contributed by atoms with Crippen molar-refractivity contribution >= 4 is 27.7 Å². The highest BCUT2D eigenvalue weighted by molar-refractivity contribution is 9.10. The van der Waals surface area contributed by atoms with Crippen molar-refractivity contribution in [2.24, 2.45) is 0 Å². The lowest BCUT2D eigenvalue weighted by molar-refractivity contribution is 0.558. The minimum Gasteiger partial charge on any atom is -0.310 e. The first-order valence-corrected chi connectivity index (χ1v) is 7.73. The maximum atomic E-state index is 3.55. The van der Waals surface area contributed by atoms with Crippen LogP contribution in [0, 0.1) is 0 Å². The summed E-state index contributed by atoms with van der Waals surface area (Å²) < 4.78 is 1.14. The summed E-state index contributed by atoms with van der Waals surface area (Å²) in [6.45, 7) is 5.57. The number of halogens is 1. The van der Waals surface area contributed by atoms with Crippen LogP contribution in [0.2, 0.25) is 0 Å². The molecular weight excluding hydrogens is 282 g/mol. The van der Waals surface area contributed by atoms with Crippen molar-refractivity contribution < 1.29 is 0 Å². The van der Waals surface area contributed by atoms with Crippen LogP contribution in [0.3, 0.4) is 0 Å². The molecule has 2 atom stereocenters. The van der Waals surface area contributed by atoms with Gasteiger partial charge in [-0.15, -0.1) is 0 Å². The highest BCUT2D eigenvalue weighted by Gasteiger charge is 2.05. The van der Waals surface area contributed by atoms with E-state index in [1.165, 1.54) is 12.0 Å². The van der Waals surface area contributed by atoms with Gasteiger partial charge in [0.2, 0.25) is 0 Å². The second-order valence-corrected chi connectivity index (χ2v) is 6.25. The van der Waals surface area contributed by atoms with E-state index in [1.54, 1.807) is 0 Å². The summed E-state index contributed by atoms with van der Waals surface area (Å²) in [5.74, 6) is 0. The van der Waals surface area contributed by atoms with E-state index in [4.69, 9.17) is 0 Å². The Hall–Kier alpha value is 0.01000. The van der Waals surface area contributed by atoms with Crippen molar-refractivity contribution in [3.8, 4) is 0 Å². The van der Waals surface area contributed by atoms with Gasteiger partial charge in [0.05, 0.1) is 0 Å². The average molecular weight is 302 g/mol. The Bertz CT molecular complexity index is 299. The van der Waals surface area contributed by atoms with Gasteiger partial charge in [0.25, 0.3) is 0 Å². The van der Waals surface area contributed by atoms with Crippen LogP contribution in [-0.2, 0) is 0 Å². The smallest absolute Gasteiger partial charge is 0.0291 e. The maximum Gasteiger partial charge on any atom is 0.0291 e. The second kappa shape index (κ2) is 7.36. The molecule has 0 aliphatic rings. The summed E-state index contributed by atoms with van der Waals surface area (Å²) in [6, 6.07) is 8.96. The molecule has 3 heteroatoms. The predicted octanol–water partition coefficient (Wildman–Crippen LogP) is 4.24. The van der Waals surface area contributed by atoms with E-state index < -0.39 is 0 Å². The molecule has 0 heterocycles. The van der Waals surface area contributed by atoms with Crippen LogP contribution >= 0.6 is 27.7 Å². The van der Waals surface area contributed by atoms with E-state index in [9.17, 15) is 0 Å². The van der Waals surface area contributed by atoms with Gasteiger partial charge in [-0.05, 0) is 43.8 Å². The fourth-order valence-electron chi connectivity index (χ4n) is 1.49. The summed E-state index contributed by atoms with van der Waals surface area (Å²) in [6.07, 6.45) is 3.39. The quantitative estimate of drug-likeness (QED) is 0.843. The van der Waals surface area contributed by atoms with Crippen molar-refractivity contribution in [2.45, 2.75) is 31.6 Å². The molecule has 16 heavy (non-hydrogen) atoms. The monoisotopic (exact) mass is 301 g/mol. The molecule has 1 rings (SSSR count). The van der Waals surface area contributed by atoms with Gasteiger partial charge in [0.15, 0.2) is 0 Å². The first-order valence-electron chi connectivity index (χ1n) is 5.65. The molecular formula is C13H20BrNS. The lowest BCUT2D eigenvalue weighted by Crippen LogP contribution is -2.21. The zero-order valence-corrected chi connectivity index (χ0v) is 12.6. The van der Waals surface area contributed by atoms with Gasteiger partial charge < -0.3 is 5.32 Å². The molecule has 1 aromatic rings. The number of hydrogen-bond acceptors (Lipinski definition) is 2. The third-order valence-corrected chi connectivity index (χ3v) is 4.34. The summed E-state index contributed by atoms with van der Waals surface area (Å²) in [5, 5.41) is 4.30. The Morgan fingerprint density at radius 1 is 1.25 bits per heavy atom. The third kappa shape index (κ3) is 4.89. The zero-order valence-electron chi connectivity index (χ0n) is 10.2.